The number of aryl methyl sites for hydroxylation is 2. The van der Waals surface area contributed by atoms with E-state index in [2.05, 4.69) is 146 Å². The molecule has 6 aromatic rings. The van der Waals surface area contributed by atoms with Gasteiger partial charge in [0.25, 0.3) is 0 Å². The average molecular weight is 606 g/mol. The van der Waals surface area contributed by atoms with Crippen LogP contribution >= 0.6 is 0 Å². The highest BCUT2D eigenvalue weighted by Gasteiger charge is 2.45. The van der Waals surface area contributed by atoms with E-state index in [9.17, 15) is 5.26 Å². The van der Waals surface area contributed by atoms with Crippen LogP contribution in [-0.2, 0) is 16.2 Å². The quantitative estimate of drug-likeness (QED) is 0.183. The average Bonchev–Trinajstić information content (AvgIpc) is 3.52. The minimum atomic E-state index is -0.172. The van der Waals surface area contributed by atoms with Crippen LogP contribution in [0.15, 0.2) is 91.0 Å². The number of benzene rings is 6. The van der Waals surface area contributed by atoms with Crippen LogP contribution in [0.2, 0.25) is 0 Å². The zero-order valence-corrected chi connectivity index (χ0v) is 28.6. The number of nitriles is 1. The van der Waals surface area contributed by atoms with Gasteiger partial charge in [-0.1, -0.05) is 95.6 Å². The minimum Gasteiger partial charge on any atom is -0.192 e. The molecule has 9 rings (SSSR count). The molecule has 47 heavy (non-hydrogen) atoms. The van der Waals surface area contributed by atoms with E-state index in [1.807, 2.05) is 6.07 Å². The Morgan fingerprint density at radius 3 is 1.60 bits per heavy atom. The molecule has 0 atom stereocenters. The van der Waals surface area contributed by atoms with E-state index in [1.165, 1.54) is 99.8 Å². The largest absolute Gasteiger partial charge is 0.192 e. The predicted molar refractivity (Wildman–Crippen MR) is 196 cm³/mol. The number of fused-ring (bicyclic) bond motifs is 11. The van der Waals surface area contributed by atoms with Gasteiger partial charge in [-0.15, -0.1) is 0 Å². The van der Waals surface area contributed by atoms with Gasteiger partial charge >= 0.3 is 0 Å². The van der Waals surface area contributed by atoms with Crippen molar-refractivity contribution in [1.29, 1.82) is 5.26 Å². The summed E-state index contributed by atoms with van der Waals surface area (Å²) in [5, 5.41) is 12.3. The maximum absolute atomic E-state index is 9.66. The fourth-order valence-electron chi connectivity index (χ4n) is 9.35. The maximum Gasteiger partial charge on any atom is 0.0991 e. The summed E-state index contributed by atoms with van der Waals surface area (Å²) in [6.45, 7) is 18.7. The molecule has 0 aliphatic heterocycles. The van der Waals surface area contributed by atoms with E-state index in [1.54, 1.807) is 0 Å². The molecule has 0 N–H and O–H groups in total. The molecule has 0 bridgehead atoms. The highest BCUT2D eigenvalue weighted by atomic mass is 14.5. The Morgan fingerprint density at radius 1 is 0.447 bits per heavy atom. The van der Waals surface area contributed by atoms with E-state index in [0.717, 1.165) is 5.56 Å². The Labute approximate surface area is 278 Å². The molecule has 0 amide bonds. The Kier molecular flexibility index (Phi) is 5.36. The number of rotatable bonds is 1. The highest BCUT2D eigenvalue weighted by Crippen LogP contribution is 2.60. The third-order valence-electron chi connectivity index (χ3n) is 12.1. The zero-order valence-electron chi connectivity index (χ0n) is 28.6. The van der Waals surface area contributed by atoms with Gasteiger partial charge in [0, 0.05) is 16.2 Å². The first-order valence-corrected chi connectivity index (χ1v) is 16.9. The molecule has 3 aliphatic rings. The first-order valence-electron chi connectivity index (χ1n) is 16.9. The van der Waals surface area contributed by atoms with Gasteiger partial charge in [-0.05, 0) is 151 Å². The number of nitrogens with zero attached hydrogens (tertiary/aromatic N) is 1. The first-order chi connectivity index (χ1) is 22.3. The van der Waals surface area contributed by atoms with Crippen molar-refractivity contribution in [2.75, 3.05) is 0 Å². The lowest BCUT2D eigenvalue weighted by atomic mass is 9.78. The van der Waals surface area contributed by atoms with Gasteiger partial charge in [-0.25, -0.2) is 0 Å². The van der Waals surface area contributed by atoms with Gasteiger partial charge in [0.2, 0.25) is 0 Å². The van der Waals surface area contributed by atoms with E-state index < -0.39 is 0 Å². The van der Waals surface area contributed by atoms with Crippen molar-refractivity contribution in [3.63, 3.8) is 0 Å². The molecule has 0 heterocycles. The molecule has 0 radical (unpaired) electrons. The third-order valence-corrected chi connectivity index (χ3v) is 12.1. The summed E-state index contributed by atoms with van der Waals surface area (Å²) in [4.78, 5) is 0. The van der Waals surface area contributed by atoms with Crippen LogP contribution < -0.4 is 0 Å². The second kappa shape index (κ2) is 8.90. The topological polar surface area (TPSA) is 23.8 Å². The second-order valence-electron chi connectivity index (χ2n) is 15.8. The number of hydrogen-bond donors (Lipinski definition) is 0. The summed E-state index contributed by atoms with van der Waals surface area (Å²) < 4.78 is 0. The van der Waals surface area contributed by atoms with Crippen molar-refractivity contribution in [3.8, 4) is 50.6 Å². The van der Waals surface area contributed by atoms with Crippen molar-refractivity contribution in [2.45, 2.75) is 71.6 Å². The van der Waals surface area contributed by atoms with Crippen LogP contribution in [0.5, 0.6) is 0 Å². The van der Waals surface area contributed by atoms with Crippen molar-refractivity contribution in [3.05, 3.63) is 141 Å². The molecular weight excluding hydrogens is 567 g/mol. The fraction of sp³-hybridized carbons (Fsp3) is 0.239. The molecule has 6 aromatic carbocycles. The van der Waals surface area contributed by atoms with Gasteiger partial charge in [0.15, 0.2) is 0 Å². The summed E-state index contributed by atoms with van der Waals surface area (Å²) >= 11 is 0. The summed E-state index contributed by atoms with van der Waals surface area (Å²) in [6.07, 6.45) is 0. The molecule has 0 aromatic heterocycles. The molecule has 0 fully saturated rings. The van der Waals surface area contributed by atoms with Gasteiger partial charge in [-0.3, -0.25) is 0 Å². The van der Waals surface area contributed by atoms with Crippen LogP contribution in [0.3, 0.4) is 0 Å². The van der Waals surface area contributed by atoms with Crippen LogP contribution in [-0.4, -0.2) is 0 Å². The fourth-order valence-corrected chi connectivity index (χ4v) is 9.35. The second-order valence-corrected chi connectivity index (χ2v) is 15.8. The van der Waals surface area contributed by atoms with E-state index in [-0.39, 0.29) is 16.2 Å². The zero-order chi connectivity index (χ0) is 32.8. The van der Waals surface area contributed by atoms with Crippen LogP contribution in [0.1, 0.15) is 91.6 Å². The summed E-state index contributed by atoms with van der Waals surface area (Å²) in [5.74, 6) is 0. The molecule has 0 spiro atoms. The van der Waals surface area contributed by atoms with Crippen molar-refractivity contribution < 1.29 is 0 Å². The molecule has 228 valence electrons. The molecular formula is C46H39N. The molecule has 0 saturated carbocycles. The SMILES string of the molecule is Cc1ccc(C)c(-c2cc3c(c4ccccc24)-c2cc4c(cc2C3(C)C)-c2cc3c(cc2C4(C)C)-c2ccc(C#N)cc2C3(C)C)c1. The van der Waals surface area contributed by atoms with E-state index in [0.29, 0.717) is 0 Å². The predicted octanol–water partition coefficient (Wildman–Crippen LogP) is 11.9. The molecule has 3 aliphatic carbocycles. The molecule has 0 unspecified atom stereocenters. The lowest BCUT2D eigenvalue weighted by molar-refractivity contribution is 0.649. The van der Waals surface area contributed by atoms with Crippen molar-refractivity contribution >= 4 is 10.8 Å². The van der Waals surface area contributed by atoms with E-state index >= 15 is 0 Å². The minimum absolute atomic E-state index is 0.143. The first kappa shape index (κ1) is 28.3. The maximum atomic E-state index is 9.66. The number of hydrogen-bond acceptors (Lipinski definition) is 1. The molecule has 1 nitrogen and oxygen atoms in total. The van der Waals surface area contributed by atoms with Gasteiger partial charge < -0.3 is 0 Å². The lowest BCUT2D eigenvalue weighted by Gasteiger charge is -2.25. The van der Waals surface area contributed by atoms with Crippen LogP contribution in [0.4, 0.5) is 0 Å². The van der Waals surface area contributed by atoms with Crippen molar-refractivity contribution in [1.82, 2.24) is 0 Å². The van der Waals surface area contributed by atoms with Gasteiger partial charge in [0.05, 0.1) is 11.6 Å². The highest BCUT2D eigenvalue weighted by molar-refractivity contribution is 6.10. The third kappa shape index (κ3) is 3.49. The summed E-state index contributed by atoms with van der Waals surface area (Å²) in [5.41, 5.74) is 21.9. The normalized spacial score (nSPS) is 16.6. The lowest BCUT2D eigenvalue weighted by Crippen LogP contribution is -2.17. The van der Waals surface area contributed by atoms with Gasteiger partial charge in [0.1, 0.15) is 0 Å². The Balaban J connectivity index is 1.29. The molecule has 1 heteroatoms. The Hall–Kier alpha value is -4.93. The standard InChI is InChI=1S/C46H39N/c1-25-13-14-26(2)31(17-25)32-19-42-43(30-12-10-9-11-28(30)32)36-23-40-35(22-41(36)46(42,7)8)34-21-38-33(20-39(34)45(40,5)6)29-16-15-27(24-47)18-37(29)44(38,3)4/h9-23H,1-8H3. The smallest absolute Gasteiger partial charge is 0.0991 e. The van der Waals surface area contributed by atoms with Gasteiger partial charge in [-0.2, -0.15) is 5.26 Å². The monoisotopic (exact) mass is 605 g/mol. The van der Waals surface area contributed by atoms with Crippen LogP contribution in [0.25, 0.3) is 55.3 Å². The van der Waals surface area contributed by atoms with Crippen LogP contribution in [0, 0.1) is 25.2 Å². The summed E-state index contributed by atoms with van der Waals surface area (Å²) in [6, 6.07) is 37.0. The van der Waals surface area contributed by atoms with E-state index in [4.69, 9.17) is 0 Å². The molecule has 0 saturated heterocycles. The Bertz CT molecular complexity index is 2460. The summed E-state index contributed by atoms with van der Waals surface area (Å²) in [7, 11) is 0. The Morgan fingerprint density at radius 2 is 0.957 bits per heavy atom. The van der Waals surface area contributed by atoms with Crippen molar-refractivity contribution in [2.24, 2.45) is 0 Å².